The van der Waals surface area contributed by atoms with Crippen LogP contribution in [-0.2, 0) is 16.0 Å². The van der Waals surface area contributed by atoms with E-state index >= 15 is 0 Å². The number of likely N-dealkylation sites (tertiary alicyclic amines) is 1. The van der Waals surface area contributed by atoms with Crippen LogP contribution in [0.25, 0.3) is 0 Å². The van der Waals surface area contributed by atoms with Gasteiger partial charge in [0.15, 0.2) is 5.78 Å². The molecule has 0 saturated carbocycles. The summed E-state index contributed by atoms with van der Waals surface area (Å²) in [6, 6.07) is 5.51. The zero-order chi connectivity index (χ0) is 13.2. The molecular formula is C14H18N2O2. The third kappa shape index (κ3) is 2.75. The molecule has 0 atom stereocenters. The van der Waals surface area contributed by atoms with Crippen molar-refractivity contribution in [3.05, 3.63) is 30.1 Å². The van der Waals surface area contributed by atoms with Gasteiger partial charge in [-0.15, -0.1) is 0 Å². The van der Waals surface area contributed by atoms with Crippen LogP contribution in [-0.4, -0.2) is 34.7 Å². The number of carbonyl (C=O) groups is 2. The summed E-state index contributed by atoms with van der Waals surface area (Å²) in [5.41, 5.74) is 0.460. The van der Waals surface area contributed by atoms with Crippen LogP contribution in [0, 0.1) is 5.41 Å². The SMILES string of the molecule is CC1(C)CCN(C(=O)Cc2ccccn2)CC1=O. The van der Waals surface area contributed by atoms with Crippen LogP contribution >= 0.6 is 0 Å². The van der Waals surface area contributed by atoms with Crippen LogP contribution in [0.2, 0.25) is 0 Å². The van der Waals surface area contributed by atoms with Crippen molar-refractivity contribution in [2.45, 2.75) is 26.7 Å². The second-order valence-electron chi connectivity index (χ2n) is 5.37. The number of rotatable bonds is 2. The molecule has 96 valence electrons. The van der Waals surface area contributed by atoms with Crippen LogP contribution in [0.1, 0.15) is 26.0 Å². The number of nitrogens with zero attached hydrogens (tertiary/aromatic N) is 2. The average Bonchev–Trinajstić information content (AvgIpc) is 2.34. The van der Waals surface area contributed by atoms with Crippen molar-refractivity contribution < 1.29 is 9.59 Å². The molecule has 0 N–H and O–H groups in total. The summed E-state index contributed by atoms with van der Waals surface area (Å²) in [4.78, 5) is 29.7. The van der Waals surface area contributed by atoms with E-state index in [0.29, 0.717) is 6.54 Å². The largest absolute Gasteiger partial charge is 0.335 e. The lowest BCUT2D eigenvalue weighted by molar-refractivity contribution is -0.142. The summed E-state index contributed by atoms with van der Waals surface area (Å²) in [5, 5.41) is 0. The Morgan fingerprint density at radius 1 is 1.44 bits per heavy atom. The van der Waals surface area contributed by atoms with E-state index in [1.54, 1.807) is 11.1 Å². The molecule has 0 radical (unpaired) electrons. The van der Waals surface area contributed by atoms with Crippen LogP contribution in [0.5, 0.6) is 0 Å². The fraction of sp³-hybridized carbons (Fsp3) is 0.500. The van der Waals surface area contributed by atoms with Crippen LogP contribution in [0.3, 0.4) is 0 Å². The van der Waals surface area contributed by atoms with Gasteiger partial charge < -0.3 is 4.90 Å². The normalized spacial score (nSPS) is 18.8. The zero-order valence-electron chi connectivity index (χ0n) is 10.8. The highest BCUT2D eigenvalue weighted by atomic mass is 16.2. The number of hydrogen-bond donors (Lipinski definition) is 0. The minimum Gasteiger partial charge on any atom is -0.335 e. The topological polar surface area (TPSA) is 50.3 Å². The van der Waals surface area contributed by atoms with E-state index in [1.807, 2.05) is 32.0 Å². The standard InChI is InChI=1S/C14H18N2O2/c1-14(2)6-8-16(10-12(14)17)13(18)9-11-5-3-4-7-15-11/h3-5,7H,6,8-10H2,1-2H3. The van der Waals surface area contributed by atoms with E-state index in [9.17, 15) is 9.59 Å². The van der Waals surface area contributed by atoms with Gasteiger partial charge in [-0.05, 0) is 18.6 Å². The molecule has 2 rings (SSSR count). The Labute approximate surface area is 107 Å². The molecule has 0 spiro atoms. The van der Waals surface area contributed by atoms with Crippen molar-refractivity contribution in [2.24, 2.45) is 5.41 Å². The first-order valence-electron chi connectivity index (χ1n) is 6.20. The Morgan fingerprint density at radius 3 is 2.83 bits per heavy atom. The molecule has 2 heterocycles. The average molecular weight is 246 g/mol. The van der Waals surface area contributed by atoms with Gasteiger partial charge in [0.2, 0.25) is 5.91 Å². The number of aromatic nitrogens is 1. The summed E-state index contributed by atoms with van der Waals surface area (Å²) >= 11 is 0. The van der Waals surface area contributed by atoms with Crippen molar-refractivity contribution in [3.8, 4) is 0 Å². The number of amides is 1. The summed E-state index contributed by atoms with van der Waals surface area (Å²) < 4.78 is 0. The lowest BCUT2D eigenvalue weighted by Gasteiger charge is -2.35. The van der Waals surface area contributed by atoms with Crippen molar-refractivity contribution in [3.63, 3.8) is 0 Å². The molecule has 4 nitrogen and oxygen atoms in total. The molecule has 1 fully saturated rings. The lowest BCUT2D eigenvalue weighted by atomic mass is 9.81. The van der Waals surface area contributed by atoms with Crippen LogP contribution < -0.4 is 0 Å². The molecule has 0 bridgehead atoms. The molecule has 0 unspecified atom stereocenters. The number of hydrogen-bond acceptors (Lipinski definition) is 3. The van der Waals surface area contributed by atoms with E-state index in [4.69, 9.17) is 0 Å². The van der Waals surface area contributed by atoms with Crippen molar-refractivity contribution in [1.29, 1.82) is 0 Å². The molecule has 1 aromatic rings. The molecule has 1 aromatic heterocycles. The molecule has 1 aliphatic rings. The maximum absolute atomic E-state index is 12.1. The van der Waals surface area contributed by atoms with Gasteiger partial charge in [0.05, 0.1) is 13.0 Å². The van der Waals surface area contributed by atoms with Gasteiger partial charge in [-0.1, -0.05) is 19.9 Å². The third-order valence-electron chi connectivity index (χ3n) is 3.51. The highest BCUT2D eigenvalue weighted by molar-refractivity contribution is 5.91. The van der Waals surface area contributed by atoms with Gasteiger partial charge in [0.25, 0.3) is 0 Å². The Balaban J connectivity index is 1.97. The Morgan fingerprint density at radius 2 is 2.22 bits per heavy atom. The highest BCUT2D eigenvalue weighted by Gasteiger charge is 2.35. The molecule has 1 aliphatic heterocycles. The highest BCUT2D eigenvalue weighted by Crippen LogP contribution is 2.26. The smallest absolute Gasteiger partial charge is 0.228 e. The molecular weight excluding hydrogens is 228 g/mol. The van der Waals surface area contributed by atoms with Crippen molar-refractivity contribution in [1.82, 2.24) is 9.88 Å². The summed E-state index contributed by atoms with van der Waals surface area (Å²) in [6.45, 7) is 4.77. The molecule has 1 saturated heterocycles. The van der Waals surface area contributed by atoms with Gasteiger partial charge >= 0.3 is 0 Å². The van der Waals surface area contributed by atoms with Crippen molar-refractivity contribution >= 4 is 11.7 Å². The van der Waals surface area contributed by atoms with E-state index in [-0.39, 0.29) is 30.1 Å². The van der Waals surface area contributed by atoms with E-state index in [2.05, 4.69) is 4.98 Å². The molecule has 18 heavy (non-hydrogen) atoms. The number of carbonyl (C=O) groups excluding carboxylic acids is 2. The molecule has 4 heteroatoms. The minimum absolute atomic E-state index is 0.0162. The predicted octanol–water partition coefficient (Wildman–Crippen LogP) is 1.45. The predicted molar refractivity (Wildman–Crippen MR) is 67.9 cm³/mol. The number of Topliss-reactive ketones (excluding diaryl/α,β-unsaturated/α-hetero) is 1. The maximum atomic E-state index is 12.1. The quantitative estimate of drug-likeness (QED) is 0.793. The van der Waals surface area contributed by atoms with Gasteiger partial charge in [-0.2, -0.15) is 0 Å². The first-order chi connectivity index (χ1) is 8.49. The number of pyridine rings is 1. The minimum atomic E-state index is -0.290. The second-order valence-corrected chi connectivity index (χ2v) is 5.37. The molecule has 0 aromatic carbocycles. The first-order valence-corrected chi connectivity index (χ1v) is 6.20. The number of ketones is 1. The Bertz CT molecular complexity index is 454. The molecule has 1 amide bonds. The van der Waals surface area contributed by atoms with E-state index in [1.165, 1.54) is 0 Å². The third-order valence-corrected chi connectivity index (χ3v) is 3.51. The summed E-state index contributed by atoms with van der Waals surface area (Å²) in [7, 11) is 0. The van der Waals surface area contributed by atoms with Gasteiger partial charge in [-0.25, -0.2) is 0 Å². The van der Waals surface area contributed by atoms with E-state index in [0.717, 1.165) is 12.1 Å². The van der Waals surface area contributed by atoms with Gasteiger partial charge in [-0.3, -0.25) is 14.6 Å². The maximum Gasteiger partial charge on any atom is 0.228 e. The fourth-order valence-electron chi connectivity index (χ4n) is 2.00. The summed E-state index contributed by atoms with van der Waals surface area (Å²) in [5.74, 6) is 0.126. The van der Waals surface area contributed by atoms with Crippen molar-refractivity contribution in [2.75, 3.05) is 13.1 Å². The van der Waals surface area contributed by atoms with Gasteiger partial charge in [0.1, 0.15) is 0 Å². The molecule has 0 aliphatic carbocycles. The Hall–Kier alpha value is -1.71. The first kappa shape index (κ1) is 12.7. The monoisotopic (exact) mass is 246 g/mol. The number of piperidine rings is 1. The Kier molecular flexibility index (Phi) is 3.45. The fourth-order valence-corrected chi connectivity index (χ4v) is 2.00. The zero-order valence-corrected chi connectivity index (χ0v) is 10.8. The van der Waals surface area contributed by atoms with Gasteiger partial charge in [0, 0.05) is 23.9 Å². The second kappa shape index (κ2) is 4.88. The van der Waals surface area contributed by atoms with Crippen LogP contribution in [0.4, 0.5) is 0 Å². The summed E-state index contributed by atoms with van der Waals surface area (Å²) in [6.07, 6.45) is 2.68. The van der Waals surface area contributed by atoms with E-state index < -0.39 is 0 Å². The van der Waals surface area contributed by atoms with Crippen LogP contribution in [0.15, 0.2) is 24.4 Å². The lowest BCUT2D eigenvalue weighted by Crippen LogP contribution is -2.48.